The zero-order valence-corrected chi connectivity index (χ0v) is 13.5. The zero-order chi connectivity index (χ0) is 17.2. The van der Waals surface area contributed by atoms with Crippen LogP contribution in [0.25, 0.3) is 0 Å². The molecule has 0 aliphatic heterocycles. The highest BCUT2D eigenvalue weighted by Gasteiger charge is 2.29. The molecular formula is C16H16ClF3N2O2. The molecule has 8 heteroatoms. The molecule has 1 N–H and O–H groups in total. The average Bonchev–Trinajstić information content (AvgIpc) is 2.94. The first-order valence-corrected chi connectivity index (χ1v) is 7.99. The number of fused-ring (bicyclic) bond motifs is 1. The summed E-state index contributed by atoms with van der Waals surface area (Å²) in [4.78, 5) is 0. The van der Waals surface area contributed by atoms with E-state index in [1.54, 1.807) is 12.1 Å². The van der Waals surface area contributed by atoms with Crippen LogP contribution < -0.4 is 10.1 Å². The molecule has 0 saturated carbocycles. The molecule has 0 fully saturated rings. The van der Waals surface area contributed by atoms with E-state index in [0.717, 1.165) is 42.7 Å². The van der Waals surface area contributed by atoms with E-state index in [9.17, 15) is 13.2 Å². The summed E-state index contributed by atoms with van der Waals surface area (Å²) in [6, 6.07) is 4.52. The van der Waals surface area contributed by atoms with Crippen LogP contribution in [-0.2, 0) is 19.4 Å². The van der Waals surface area contributed by atoms with Gasteiger partial charge in [0.15, 0.2) is 6.61 Å². The number of aryl methyl sites for hydroxylation is 1. The third-order valence-electron chi connectivity index (χ3n) is 3.81. The minimum Gasteiger partial charge on any atom is -0.482 e. The van der Waals surface area contributed by atoms with Gasteiger partial charge in [-0.05, 0) is 31.4 Å². The Morgan fingerprint density at radius 1 is 1.25 bits per heavy atom. The molecule has 0 radical (unpaired) electrons. The average molecular weight is 361 g/mol. The molecule has 0 spiro atoms. The molecule has 1 heterocycles. The quantitative estimate of drug-likeness (QED) is 0.835. The Hall–Kier alpha value is -1.89. The van der Waals surface area contributed by atoms with Gasteiger partial charge in [-0.3, -0.25) is 0 Å². The summed E-state index contributed by atoms with van der Waals surface area (Å²) < 4.78 is 47.3. The fraction of sp³-hybridized carbons (Fsp3) is 0.438. The van der Waals surface area contributed by atoms with Gasteiger partial charge in [0.05, 0.1) is 12.2 Å². The van der Waals surface area contributed by atoms with Gasteiger partial charge in [-0.15, -0.1) is 0 Å². The maximum Gasteiger partial charge on any atom is 0.422 e. The van der Waals surface area contributed by atoms with Crippen molar-refractivity contribution in [2.45, 2.75) is 38.4 Å². The molecule has 130 valence electrons. The number of nitrogens with one attached hydrogen (secondary N) is 1. The topological polar surface area (TPSA) is 47.3 Å². The van der Waals surface area contributed by atoms with Crippen molar-refractivity contribution in [3.8, 4) is 5.75 Å². The predicted octanol–water partition coefficient (Wildman–Crippen LogP) is 4.76. The summed E-state index contributed by atoms with van der Waals surface area (Å²) in [7, 11) is 0. The monoisotopic (exact) mass is 360 g/mol. The van der Waals surface area contributed by atoms with Gasteiger partial charge in [0.25, 0.3) is 0 Å². The molecule has 0 saturated heterocycles. The van der Waals surface area contributed by atoms with Crippen LogP contribution in [0.1, 0.15) is 29.9 Å². The lowest BCUT2D eigenvalue weighted by atomic mass is 9.96. The third-order valence-corrected chi connectivity index (χ3v) is 4.05. The fourth-order valence-electron chi connectivity index (χ4n) is 2.69. The minimum absolute atomic E-state index is 0.0530. The van der Waals surface area contributed by atoms with E-state index < -0.39 is 12.8 Å². The molecule has 0 bridgehead atoms. The van der Waals surface area contributed by atoms with Crippen molar-refractivity contribution in [2.24, 2.45) is 0 Å². The molecule has 3 rings (SSSR count). The van der Waals surface area contributed by atoms with Crippen LogP contribution in [0.5, 0.6) is 5.75 Å². The van der Waals surface area contributed by atoms with Gasteiger partial charge < -0.3 is 14.6 Å². The summed E-state index contributed by atoms with van der Waals surface area (Å²) in [5, 5.41) is 7.42. The van der Waals surface area contributed by atoms with Gasteiger partial charge >= 0.3 is 6.18 Å². The number of benzene rings is 1. The molecule has 0 unspecified atom stereocenters. The standard InChI is InChI=1S/C16H16ClF3N2O2/c17-10-5-6-12(15(7-10)23-9-16(18,19)20)21-8-13-11-3-1-2-4-14(11)24-22-13/h5-7,21H,1-4,8-9H2. The summed E-state index contributed by atoms with van der Waals surface area (Å²) in [5.74, 6) is 0.958. The van der Waals surface area contributed by atoms with Crippen molar-refractivity contribution in [2.75, 3.05) is 11.9 Å². The number of nitrogens with zero attached hydrogens (tertiary/aromatic N) is 1. The number of hydrogen-bond acceptors (Lipinski definition) is 4. The van der Waals surface area contributed by atoms with Crippen LogP contribution in [0.3, 0.4) is 0 Å². The van der Waals surface area contributed by atoms with Crippen LogP contribution in [0.15, 0.2) is 22.7 Å². The van der Waals surface area contributed by atoms with Crippen molar-refractivity contribution in [3.05, 3.63) is 40.2 Å². The highest BCUT2D eigenvalue weighted by Crippen LogP contribution is 2.31. The highest BCUT2D eigenvalue weighted by atomic mass is 35.5. The largest absolute Gasteiger partial charge is 0.482 e. The van der Waals surface area contributed by atoms with Crippen LogP contribution in [0.4, 0.5) is 18.9 Å². The van der Waals surface area contributed by atoms with Crippen molar-refractivity contribution >= 4 is 17.3 Å². The number of anilines is 1. The van der Waals surface area contributed by atoms with Crippen molar-refractivity contribution < 1.29 is 22.4 Å². The molecule has 1 aliphatic carbocycles. The molecule has 1 aromatic heterocycles. The van der Waals surface area contributed by atoms with Crippen LogP contribution in [-0.4, -0.2) is 17.9 Å². The molecule has 24 heavy (non-hydrogen) atoms. The van der Waals surface area contributed by atoms with Gasteiger partial charge in [-0.2, -0.15) is 13.2 Å². The van der Waals surface area contributed by atoms with Crippen molar-refractivity contribution in [3.63, 3.8) is 0 Å². The second-order valence-electron chi connectivity index (χ2n) is 5.64. The Morgan fingerprint density at radius 2 is 2.04 bits per heavy atom. The predicted molar refractivity (Wildman–Crippen MR) is 83.5 cm³/mol. The SMILES string of the molecule is FC(F)(F)COc1cc(Cl)ccc1NCc1noc2c1CCCC2. The first kappa shape index (κ1) is 17.0. The molecular weight excluding hydrogens is 345 g/mol. The van der Waals surface area contributed by atoms with Gasteiger partial charge in [0, 0.05) is 23.1 Å². The van der Waals surface area contributed by atoms with E-state index in [1.807, 2.05) is 0 Å². The number of hydrogen-bond donors (Lipinski definition) is 1. The Morgan fingerprint density at radius 3 is 2.83 bits per heavy atom. The molecule has 0 atom stereocenters. The lowest BCUT2D eigenvalue weighted by Crippen LogP contribution is -2.19. The molecule has 2 aromatic rings. The van der Waals surface area contributed by atoms with E-state index in [-0.39, 0.29) is 5.75 Å². The number of alkyl halides is 3. The lowest BCUT2D eigenvalue weighted by molar-refractivity contribution is -0.153. The van der Waals surface area contributed by atoms with E-state index in [4.69, 9.17) is 20.9 Å². The zero-order valence-electron chi connectivity index (χ0n) is 12.8. The highest BCUT2D eigenvalue weighted by molar-refractivity contribution is 6.30. The fourth-order valence-corrected chi connectivity index (χ4v) is 2.85. The van der Waals surface area contributed by atoms with E-state index in [2.05, 4.69) is 10.5 Å². The number of ether oxygens (including phenoxy) is 1. The van der Waals surface area contributed by atoms with Crippen molar-refractivity contribution in [1.82, 2.24) is 5.16 Å². The first-order valence-electron chi connectivity index (χ1n) is 7.61. The molecule has 1 aliphatic rings. The number of rotatable bonds is 5. The Balaban J connectivity index is 1.71. The van der Waals surface area contributed by atoms with E-state index in [1.165, 1.54) is 6.07 Å². The molecule has 1 aromatic carbocycles. The third kappa shape index (κ3) is 4.14. The van der Waals surface area contributed by atoms with Gasteiger partial charge in [-0.25, -0.2) is 0 Å². The number of aromatic nitrogens is 1. The normalized spacial score (nSPS) is 14.3. The van der Waals surface area contributed by atoms with E-state index >= 15 is 0 Å². The van der Waals surface area contributed by atoms with Crippen LogP contribution in [0, 0.1) is 0 Å². The lowest BCUT2D eigenvalue weighted by Gasteiger charge is -2.15. The van der Waals surface area contributed by atoms with Crippen molar-refractivity contribution in [1.29, 1.82) is 0 Å². The Labute approximate surface area is 141 Å². The minimum atomic E-state index is -4.41. The molecule has 0 amide bonds. The van der Waals surface area contributed by atoms with Gasteiger partial charge in [0.1, 0.15) is 17.2 Å². The Kier molecular flexibility index (Phi) is 4.89. The summed E-state index contributed by atoms with van der Waals surface area (Å²) >= 11 is 5.85. The maximum atomic E-state index is 12.4. The van der Waals surface area contributed by atoms with Crippen LogP contribution >= 0.6 is 11.6 Å². The maximum absolute atomic E-state index is 12.4. The van der Waals surface area contributed by atoms with Gasteiger partial charge in [-0.1, -0.05) is 16.8 Å². The second-order valence-corrected chi connectivity index (χ2v) is 6.07. The number of halogens is 4. The first-order chi connectivity index (χ1) is 11.4. The summed E-state index contributed by atoms with van der Waals surface area (Å²) in [6.45, 7) is -1.02. The summed E-state index contributed by atoms with van der Waals surface area (Å²) in [6.07, 6.45) is -0.453. The smallest absolute Gasteiger partial charge is 0.422 e. The Bertz CT molecular complexity index is 716. The van der Waals surface area contributed by atoms with E-state index in [0.29, 0.717) is 17.3 Å². The summed E-state index contributed by atoms with van der Waals surface area (Å²) in [5.41, 5.74) is 2.30. The van der Waals surface area contributed by atoms with Gasteiger partial charge in [0.2, 0.25) is 0 Å². The second kappa shape index (κ2) is 6.93. The van der Waals surface area contributed by atoms with Crippen LogP contribution in [0.2, 0.25) is 5.02 Å². The molecule has 4 nitrogen and oxygen atoms in total.